The predicted octanol–water partition coefficient (Wildman–Crippen LogP) is 0.922. The second kappa shape index (κ2) is 8.31. The van der Waals surface area contributed by atoms with Gasteiger partial charge in [-0.15, -0.1) is 0 Å². The van der Waals surface area contributed by atoms with Crippen LogP contribution in [0.2, 0.25) is 0 Å². The molecule has 1 amide bonds. The minimum atomic E-state index is -0.218. The zero-order chi connectivity index (χ0) is 15.0. The second-order valence-electron chi connectivity index (χ2n) is 4.57. The first-order valence-electron chi connectivity index (χ1n) is 6.46. The largest absolute Gasteiger partial charge is 0.384 e. The molecule has 0 aliphatic heterocycles. The van der Waals surface area contributed by atoms with Crippen LogP contribution in [-0.4, -0.2) is 53.8 Å². The first-order valence-corrected chi connectivity index (χ1v) is 6.46. The van der Waals surface area contributed by atoms with E-state index in [0.717, 1.165) is 0 Å². The fourth-order valence-electron chi connectivity index (χ4n) is 1.51. The molecule has 1 heterocycles. The van der Waals surface area contributed by atoms with Crippen molar-refractivity contribution in [2.45, 2.75) is 20.0 Å². The molecule has 20 heavy (non-hydrogen) atoms. The summed E-state index contributed by atoms with van der Waals surface area (Å²) in [4.78, 5) is 17.8. The van der Waals surface area contributed by atoms with Gasteiger partial charge in [0, 0.05) is 31.5 Å². The predicted molar refractivity (Wildman–Crippen MR) is 76.2 cm³/mol. The van der Waals surface area contributed by atoms with Crippen LogP contribution in [-0.2, 0) is 4.74 Å². The molecule has 0 aliphatic carbocycles. The number of amides is 1. The third kappa shape index (κ3) is 5.39. The van der Waals surface area contributed by atoms with Gasteiger partial charge >= 0.3 is 0 Å². The van der Waals surface area contributed by atoms with Crippen molar-refractivity contribution in [3.63, 3.8) is 0 Å². The van der Waals surface area contributed by atoms with Gasteiger partial charge in [0.1, 0.15) is 6.61 Å². The third-order valence-corrected chi connectivity index (χ3v) is 2.52. The number of aliphatic hydroxyl groups excluding tert-OH is 1. The summed E-state index contributed by atoms with van der Waals surface area (Å²) in [6.45, 7) is 4.70. The monoisotopic (exact) mass is 276 g/mol. The van der Waals surface area contributed by atoms with Crippen molar-refractivity contribution in [1.29, 1.82) is 0 Å². The first-order chi connectivity index (χ1) is 9.54. The maximum Gasteiger partial charge on any atom is 0.255 e. The van der Waals surface area contributed by atoms with Crippen LogP contribution in [0.5, 0.6) is 0 Å². The van der Waals surface area contributed by atoms with Crippen molar-refractivity contribution in [3.05, 3.63) is 29.6 Å². The van der Waals surface area contributed by atoms with E-state index in [2.05, 4.69) is 16.8 Å². The Labute approximate surface area is 119 Å². The average molecular weight is 276 g/mol. The fourth-order valence-corrected chi connectivity index (χ4v) is 1.51. The lowest BCUT2D eigenvalue weighted by molar-refractivity contribution is 0.0532. The van der Waals surface area contributed by atoms with E-state index in [1.165, 1.54) is 6.20 Å². The average Bonchev–Trinajstić information content (AvgIpc) is 2.44. The van der Waals surface area contributed by atoms with Crippen LogP contribution in [0.1, 0.15) is 29.8 Å². The van der Waals surface area contributed by atoms with Crippen molar-refractivity contribution in [1.82, 2.24) is 9.88 Å². The summed E-state index contributed by atoms with van der Waals surface area (Å²) >= 11 is 0. The molecule has 1 rings (SSSR count). The van der Waals surface area contributed by atoms with E-state index in [1.807, 2.05) is 13.8 Å². The van der Waals surface area contributed by atoms with Crippen molar-refractivity contribution in [2.24, 2.45) is 0 Å². The molecule has 0 saturated carbocycles. The van der Waals surface area contributed by atoms with Gasteiger partial charge in [-0.1, -0.05) is 11.8 Å². The Bertz CT molecular complexity index is 503. The molecule has 1 aromatic heterocycles. The highest BCUT2D eigenvalue weighted by Crippen LogP contribution is 2.05. The van der Waals surface area contributed by atoms with Crippen LogP contribution in [0.4, 0.5) is 0 Å². The highest BCUT2D eigenvalue weighted by atomic mass is 16.5. The number of carbonyl (C=O) groups excluding carboxylic acids is 1. The van der Waals surface area contributed by atoms with Gasteiger partial charge in [-0.2, -0.15) is 0 Å². The van der Waals surface area contributed by atoms with Crippen molar-refractivity contribution < 1.29 is 14.6 Å². The molecule has 0 unspecified atom stereocenters. The van der Waals surface area contributed by atoms with Crippen LogP contribution < -0.4 is 0 Å². The highest BCUT2D eigenvalue weighted by Gasteiger charge is 2.12. The zero-order valence-electron chi connectivity index (χ0n) is 12.1. The summed E-state index contributed by atoms with van der Waals surface area (Å²) in [6.07, 6.45) is 3.21. The number of rotatable bonds is 5. The van der Waals surface area contributed by atoms with Gasteiger partial charge in [0.2, 0.25) is 0 Å². The molecule has 1 aromatic rings. The van der Waals surface area contributed by atoms with E-state index in [1.54, 1.807) is 24.2 Å². The molecule has 0 spiro atoms. The number of pyridine rings is 1. The summed E-state index contributed by atoms with van der Waals surface area (Å²) in [5.74, 6) is 5.13. The molecule has 108 valence electrons. The minimum absolute atomic E-state index is 0.127. The van der Waals surface area contributed by atoms with Crippen molar-refractivity contribution >= 4 is 5.91 Å². The molecule has 0 fully saturated rings. The number of nitrogens with zero attached hydrogens (tertiary/aromatic N) is 2. The van der Waals surface area contributed by atoms with Gasteiger partial charge in [-0.05, 0) is 19.9 Å². The van der Waals surface area contributed by atoms with E-state index in [0.29, 0.717) is 24.3 Å². The standard InChI is InChI=1S/C15H20N2O3/c1-12(2)20-8-6-17(3)15(19)14-9-13(5-4-7-18)10-16-11-14/h9-12,18H,6-8H2,1-3H3. The van der Waals surface area contributed by atoms with Gasteiger partial charge in [0.05, 0.1) is 18.3 Å². The Kier molecular flexibility index (Phi) is 6.71. The molecule has 0 saturated heterocycles. The Balaban J connectivity index is 2.66. The van der Waals surface area contributed by atoms with E-state index in [9.17, 15) is 4.79 Å². The molecule has 0 aromatic carbocycles. The SMILES string of the molecule is CC(C)OCCN(C)C(=O)c1cncc(C#CCO)c1. The van der Waals surface area contributed by atoms with E-state index in [4.69, 9.17) is 9.84 Å². The number of aliphatic hydroxyl groups is 1. The molecular weight excluding hydrogens is 256 g/mol. The highest BCUT2D eigenvalue weighted by molar-refractivity contribution is 5.94. The smallest absolute Gasteiger partial charge is 0.255 e. The van der Waals surface area contributed by atoms with Gasteiger partial charge in [0.15, 0.2) is 0 Å². The van der Waals surface area contributed by atoms with Gasteiger partial charge in [-0.25, -0.2) is 0 Å². The van der Waals surface area contributed by atoms with Crippen LogP contribution >= 0.6 is 0 Å². The summed E-state index contributed by atoms with van der Waals surface area (Å²) < 4.78 is 5.42. The summed E-state index contributed by atoms with van der Waals surface area (Å²) in [6, 6.07) is 1.66. The maximum absolute atomic E-state index is 12.2. The first kappa shape index (κ1) is 16.2. The molecule has 0 aliphatic rings. The van der Waals surface area contributed by atoms with Gasteiger partial charge < -0.3 is 14.7 Å². The van der Waals surface area contributed by atoms with Crippen LogP contribution in [0.3, 0.4) is 0 Å². The Morgan fingerprint density at radius 1 is 1.50 bits per heavy atom. The number of hydrogen-bond acceptors (Lipinski definition) is 4. The summed E-state index contributed by atoms with van der Waals surface area (Å²) in [5.41, 5.74) is 1.08. The minimum Gasteiger partial charge on any atom is -0.384 e. The van der Waals surface area contributed by atoms with E-state index >= 15 is 0 Å². The van der Waals surface area contributed by atoms with Crippen molar-refractivity contribution in [3.8, 4) is 11.8 Å². The normalized spacial score (nSPS) is 10.1. The fraction of sp³-hybridized carbons (Fsp3) is 0.467. The lowest BCUT2D eigenvalue weighted by Crippen LogP contribution is -2.30. The van der Waals surface area contributed by atoms with Crippen molar-refractivity contribution in [2.75, 3.05) is 26.8 Å². The lowest BCUT2D eigenvalue weighted by atomic mass is 10.2. The lowest BCUT2D eigenvalue weighted by Gasteiger charge is -2.18. The summed E-state index contributed by atoms with van der Waals surface area (Å²) in [5, 5.41) is 8.65. The van der Waals surface area contributed by atoms with Crippen LogP contribution in [0.25, 0.3) is 0 Å². The Morgan fingerprint density at radius 3 is 2.90 bits per heavy atom. The van der Waals surface area contributed by atoms with Crippen LogP contribution in [0.15, 0.2) is 18.5 Å². The Hall–Kier alpha value is -1.90. The quantitative estimate of drug-likeness (QED) is 0.812. The number of carbonyl (C=O) groups is 1. The number of aromatic nitrogens is 1. The molecule has 1 N–H and O–H groups in total. The van der Waals surface area contributed by atoms with E-state index in [-0.39, 0.29) is 18.6 Å². The van der Waals surface area contributed by atoms with Gasteiger partial charge in [-0.3, -0.25) is 9.78 Å². The molecule has 5 heteroatoms. The number of hydrogen-bond donors (Lipinski definition) is 1. The Morgan fingerprint density at radius 2 is 2.25 bits per heavy atom. The molecular formula is C15H20N2O3. The zero-order valence-corrected chi connectivity index (χ0v) is 12.1. The molecule has 0 atom stereocenters. The molecule has 0 bridgehead atoms. The maximum atomic E-state index is 12.2. The summed E-state index contributed by atoms with van der Waals surface area (Å²) in [7, 11) is 1.72. The number of likely N-dealkylation sites (N-methyl/N-ethyl adjacent to an activating group) is 1. The molecule has 5 nitrogen and oxygen atoms in total. The van der Waals surface area contributed by atoms with Crippen LogP contribution in [0, 0.1) is 11.8 Å². The topological polar surface area (TPSA) is 62.7 Å². The van der Waals surface area contributed by atoms with Gasteiger partial charge in [0.25, 0.3) is 5.91 Å². The van der Waals surface area contributed by atoms with E-state index < -0.39 is 0 Å². The second-order valence-corrected chi connectivity index (χ2v) is 4.57. The third-order valence-electron chi connectivity index (χ3n) is 2.52. The molecule has 0 radical (unpaired) electrons. The number of ether oxygens (including phenoxy) is 1.